The lowest BCUT2D eigenvalue weighted by atomic mass is 9.65. The van der Waals surface area contributed by atoms with E-state index in [0.29, 0.717) is 19.4 Å². The van der Waals surface area contributed by atoms with E-state index in [-0.39, 0.29) is 17.7 Å². The zero-order chi connectivity index (χ0) is 16.3. The Morgan fingerprint density at radius 3 is 2.17 bits per heavy atom. The SMILES string of the molecule is O=C(CC1(C(=O)O)CCC1)NCC1(Cc2ccccc2)CCC1. The van der Waals surface area contributed by atoms with Gasteiger partial charge in [0.1, 0.15) is 0 Å². The fourth-order valence-corrected chi connectivity index (χ4v) is 3.85. The van der Waals surface area contributed by atoms with Crippen molar-refractivity contribution in [1.82, 2.24) is 5.32 Å². The van der Waals surface area contributed by atoms with Crippen molar-refractivity contribution in [2.24, 2.45) is 10.8 Å². The molecular formula is C19H25NO3. The molecule has 2 aliphatic carbocycles. The Morgan fingerprint density at radius 1 is 1.04 bits per heavy atom. The van der Waals surface area contributed by atoms with Crippen LogP contribution >= 0.6 is 0 Å². The number of carboxylic acid groups (broad SMARTS) is 1. The molecule has 0 aromatic heterocycles. The van der Waals surface area contributed by atoms with Crippen molar-refractivity contribution in [3.05, 3.63) is 35.9 Å². The van der Waals surface area contributed by atoms with Gasteiger partial charge in [0.15, 0.2) is 0 Å². The predicted molar refractivity (Wildman–Crippen MR) is 88.0 cm³/mol. The van der Waals surface area contributed by atoms with E-state index in [4.69, 9.17) is 0 Å². The van der Waals surface area contributed by atoms with Gasteiger partial charge in [-0.3, -0.25) is 9.59 Å². The van der Waals surface area contributed by atoms with E-state index in [1.165, 1.54) is 12.0 Å². The first-order valence-electron chi connectivity index (χ1n) is 8.58. The molecule has 0 heterocycles. The zero-order valence-electron chi connectivity index (χ0n) is 13.5. The minimum atomic E-state index is -0.818. The van der Waals surface area contributed by atoms with Crippen LogP contribution in [0.2, 0.25) is 0 Å². The van der Waals surface area contributed by atoms with Gasteiger partial charge in [0.05, 0.1) is 5.41 Å². The van der Waals surface area contributed by atoms with Crippen LogP contribution in [0.1, 0.15) is 50.5 Å². The molecule has 0 aliphatic heterocycles. The van der Waals surface area contributed by atoms with Gasteiger partial charge in [0.25, 0.3) is 0 Å². The molecule has 4 heteroatoms. The molecule has 1 aromatic rings. The number of nitrogens with one attached hydrogen (secondary N) is 1. The van der Waals surface area contributed by atoms with Crippen molar-refractivity contribution >= 4 is 11.9 Å². The zero-order valence-corrected chi connectivity index (χ0v) is 13.5. The molecule has 0 radical (unpaired) electrons. The lowest BCUT2D eigenvalue weighted by Crippen LogP contribution is -2.47. The van der Waals surface area contributed by atoms with Crippen LogP contribution in [0, 0.1) is 10.8 Å². The maximum absolute atomic E-state index is 12.2. The average molecular weight is 315 g/mol. The van der Waals surface area contributed by atoms with Crippen molar-refractivity contribution in [3.63, 3.8) is 0 Å². The minimum Gasteiger partial charge on any atom is -0.481 e. The van der Waals surface area contributed by atoms with Crippen molar-refractivity contribution in [1.29, 1.82) is 0 Å². The molecule has 1 amide bonds. The summed E-state index contributed by atoms with van der Waals surface area (Å²) in [5.41, 5.74) is 0.672. The van der Waals surface area contributed by atoms with Crippen LogP contribution in [-0.2, 0) is 16.0 Å². The number of aliphatic carboxylic acids is 1. The van der Waals surface area contributed by atoms with Crippen LogP contribution in [0.5, 0.6) is 0 Å². The summed E-state index contributed by atoms with van der Waals surface area (Å²) in [4.78, 5) is 23.6. The lowest BCUT2D eigenvalue weighted by molar-refractivity contribution is -0.157. The highest BCUT2D eigenvalue weighted by atomic mass is 16.4. The van der Waals surface area contributed by atoms with E-state index < -0.39 is 11.4 Å². The van der Waals surface area contributed by atoms with Crippen molar-refractivity contribution in [2.45, 2.75) is 51.4 Å². The first-order valence-corrected chi connectivity index (χ1v) is 8.58. The number of rotatable bonds is 7. The number of hydrogen-bond acceptors (Lipinski definition) is 2. The Labute approximate surface area is 137 Å². The molecule has 2 N–H and O–H groups in total. The molecule has 4 nitrogen and oxygen atoms in total. The first-order chi connectivity index (χ1) is 11.0. The maximum Gasteiger partial charge on any atom is 0.310 e. The van der Waals surface area contributed by atoms with Gasteiger partial charge in [0.2, 0.25) is 5.91 Å². The molecule has 124 valence electrons. The average Bonchev–Trinajstić information content (AvgIpc) is 2.46. The van der Waals surface area contributed by atoms with Crippen LogP contribution in [0.4, 0.5) is 0 Å². The molecule has 23 heavy (non-hydrogen) atoms. The van der Waals surface area contributed by atoms with E-state index in [2.05, 4.69) is 17.4 Å². The van der Waals surface area contributed by atoms with Gasteiger partial charge in [0, 0.05) is 13.0 Å². The van der Waals surface area contributed by atoms with E-state index in [0.717, 1.165) is 25.7 Å². The predicted octanol–water partition coefficient (Wildman–Crippen LogP) is 3.16. The van der Waals surface area contributed by atoms with E-state index in [9.17, 15) is 14.7 Å². The van der Waals surface area contributed by atoms with Gasteiger partial charge in [-0.05, 0) is 43.1 Å². The monoisotopic (exact) mass is 315 g/mol. The highest BCUT2D eigenvalue weighted by Crippen LogP contribution is 2.45. The molecule has 2 saturated carbocycles. The van der Waals surface area contributed by atoms with Gasteiger partial charge >= 0.3 is 5.97 Å². The van der Waals surface area contributed by atoms with Gasteiger partial charge in [-0.15, -0.1) is 0 Å². The smallest absolute Gasteiger partial charge is 0.310 e. The number of amides is 1. The van der Waals surface area contributed by atoms with Crippen molar-refractivity contribution in [3.8, 4) is 0 Å². The number of carbonyl (C=O) groups excluding carboxylic acids is 1. The second kappa shape index (κ2) is 6.34. The molecule has 0 bridgehead atoms. The third-order valence-electron chi connectivity index (χ3n) is 5.76. The maximum atomic E-state index is 12.2. The third-order valence-corrected chi connectivity index (χ3v) is 5.76. The molecule has 0 atom stereocenters. The second-order valence-corrected chi connectivity index (χ2v) is 7.41. The van der Waals surface area contributed by atoms with E-state index >= 15 is 0 Å². The van der Waals surface area contributed by atoms with Gasteiger partial charge in [-0.2, -0.15) is 0 Å². The summed E-state index contributed by atoms with van der Waals surface area (Å²) in [6.07, 6.45) is 6.76. The summed E-state index contributed by atoms with van der Waals surface area (Å²) in [5, 5.41) is 12.4. The lowest BCUT2D eigenvalue weighted by Gasteiger charge is -2.43. The number of benzene rings is 1. The highest BCUT2D eigenvalue weighted by molar-refractivity contribution is 5.85. The topological polar surface area (TPSA) is 66.4 Å². The Kier molecular flexibility index (Phi) is 4.42. The van der Waals surface area contributed by atoms with E-state index in [1.54, 1.807) is 0 Å². The highest BCUT2D eigenvalue weighted by Gasteiger charge is 2.46. The normalized spacial score (nSPS) is 20.9. The second-order valence-electron chi connectivity index (χ2n) is 7.41. The molecular weight excluding hydrogens is 290 g/mol. The summed E-state index contributed by atoms with van der Waals surface area (Å²) in [5.74, 6) is -0.923. The molecule has 2 aliphatic rings. The van der Waals surface area contributed by atoms with E-state index in [1.807, 2.05) is 18.2 Å². The number of carbonyl (C=O) groups is 2. The quantitative estimate of drug-likeness (QED) is 0.812. The summed E-state index contributed by atoms with van der Waals surface area (Å²) in [7, 11) is 0. The summed E-state index contributed by atoms with van der Waals surface area (Å²) < 4.78 is 0. The summed E-state index contributed by atoms with van der Waals surface area (Å²) in [6.45, 7) is 0.663. The summed E-state index contributed by atoms with van der Waals surface area (Å²) in [6, 6.07) is 10.4. The van der Waals surface area contributed by atoms with Gasteiger partial charge in [-0.25, -0.2) is 0 Å². The van der Waals surface area contributed by atoms with Gasteiger partial charge < -0.3 is 10.4 Å². The Morgan fingerprint density at radius 2 is 1.70 bits per heavy atom. The van der Waals surface area contributed by atoms with Gasteiger partial charge in [-0.1, -0.05) is 43.2 Å². The van der Waals surface area contributed by atoms with Crippen molar-refractivity contribution in [2.75, 3.05) is 6.54 Å². The molecule has 3 rings (SSSR count). The number of hydrogen-bond donors (Lipinski definition) is 2. The molecule has 0 spiro atoms. The van der Waals surface area contributed by atoms with Crippen LogP contribution in [-0.4, -0.2) is 23.5 Å². The Hall–Kier alpha value is -1.84. The fraction of sp³-hybridized carbons (Fsp3) is 0.579. The minimum absolute atomic E-state index is 0.105. The van der Waals surface area contributed by atoms with Crippen LogP contribution < -0.4 is 5.32 Å². The summed E-state index contributed by atoms with van der Waals surface area (Å²) >= 11 is 0. The molecule has 0 saturated heterocycles. The third kappa shape index (κ3) is 3.41. The van der Waals surface area contributed by atoms with Crippen LogP contribution in [0.3, 0.4) is 0 Å². The molecule has 0 unspecified atom stereocenters. The fourth-order valence-electron chi connectivity index (χ4n) is 3.85. The first kappa shape index (κ1) is 16.0. The molecule has 1 aromatic carbocycles. The largest absolute Gasteiger partial charge is 0.481 e. The Bertz CT molecular complexity index is 574. The van der Waals surface area contributed by atoms with Crippen LogP contribution in [0.25, 0.3) is 0 Å². The Balaban J connectivity index is 1.54. The molecule has 2 fully saturated rings. The van der Waals surface area contributed by atoms with Crippen molar-refractivity contribution < 1.29 is 14.7 Å². The number of carboxylic acids is 1. The van der Waals surface area contributed by atoms with Crippen LogP contribution in [0.15, 0.2) is 30.3 Å². The standard InChI is InChI=1S/C19H25NO3/c21-16(13-19(17(22)23)10-5-11-19)20-14-18(8-4-9-18)12-15-6-2-1-3-7-15/h1-3,6-7H,4-5,8-14H2,(H,20,21)(H,22,23).